The van der Waals surface area contributed by atoms with Gasteiger partial charge in [0.1, 0.15) is 16.5 Å². The number of anilines is 1. The molecular formula is C18H17BrN6O2. The van der Waals surface area contributed by atoms with Crippen LogP contribution in [-0.4, -0.2) is 37.8 Å². The summed E-state index contributed by atoms with van der Waals surface area (Å²) in [7, 11) is 0. The second-order valence-electron chi connectivity index (χ2n) is 6.53. The van der Waals surface area contributed by atoms with Gasteiger partial charge in [-0.05, 0) is 41.4 Å². The Labute approximate surface area is 163 Å². The highest BCUT2D eigenvalue weighted by molar-refractivity contribution is 9.10. The molecule has 1 saturated carbocycles. The lowest BCUT2D eigenvalue weighted by Crippen LogP contribution is -2.42. The number of aromatic nitrogens is 4. The SMILES string of the molecule is C[C@@H](NC(=O)[C@@H]1C[C@H]1c1nc2ccccc2[nH]1)C(=O)Nc1cnc(Br)cn1. The number of amides is 2. The smallest absolute Gasteiger partial charge is 0.247 e. The van der Waals surface area contributed by atoms with Crippen LogP contribution in [0.4, 0.5) is 5.82 Å². The third-order valence-electron chi connectivity index (χ3n) is 4.51. The summed E-state index contributed by atoms with van der Waals surface area (Å²) in [5.41, 5.74) is 1.85. The van der Waals surface area contributed by atoms with Crippen LogP contribution < -0.4 is 10.6 Å². The Bertz CT molecular complexity index is 970. The van der Waals surface area contributed by atoms with E-state index in [1.165, 1.54) is 12.4 Å². The van der Waals surface area contributed by atoms with Crippen molar-refractivity contribution in [3.05, 3.63) is 47.1 Å². The molecule has 1 fully saturated rings. The molecule has 3 atom stereocenters. The Morgan fingerprint density at radius 1 is 1.26 bits per heavy atom. The Morgan fingerprint density at radius 3 is 2.81 bits per heavy atom. The molecule has 9 heteroatoms. The molecule has 2 heterocycles. The van der Waals surface area contributed by atoms with E-state index in [9.17, 15) is 9.59 Å². The van der Waals surface area contributed by atoms with Gasteiger partial charge in [-0.25, -0.2) is 15.0 Å². The van der Waals surface area contributed by atoms with Crippen LogP contribution in [0.15, 0.2) is 41.3 Å². The van der Waals surface area contributed by atoms with E-state index < -0.39 is 6.04 Å². The first-order chi connectivity index (χ1) is 13.0. The number of rotatable bonds is 5. The quantitative estimate of drug-likeness (QED) is 0.577. The molecule has 3 aromatic rings. The molecule has 0 unspecified atom stereocenters. The highest BCUT2D eigenvalue weighted by Crippen LogP contribution is 2.46. The molecule has 2 amide bonds. The first-order valence-electron chi connectivity index (χ1n) is 8.54. The molecule has 0 bridgehead atoms. The number of aromatic amines is 1. The number of halogens is 1. The molecule has 8 nitrogen and oxygen atoms in total. The summed E-state index contributed by atoms with van der Waals surface area (Å²) in [6, 6.07) is 7.09. The molecule has 0 radical (unpaired) electrons. The Morgan fingerprint density at radius 2 is 2.07 bits per heavy atom. The number of hydrogen-bond donors (Lipinski definition) is 3. The molecule has 2 aromatic heterocycles. The van der Waals surface area contributed by atoms with Crippen LogP contribution in [0.3, 0.4) is 0 Å². The van der Waals surface area contributed by atoms with Crippen molar-refractivity contribution >= 4 is 44.6 Å². The van der Waals surface area contributed by atoms with Crippen molar-refractivity contribution in [1.82, 2.24) is 25.3 Å². The monoisotopic (exact) mass is 428 g/mol. The summed E-state index contributed by atoms with van der Waals surface area (Å²) in [6.45, 7) is 1.64. The normalized spacial score (nSPS) is 19.5. The first-order valence-corrected chi connectivity index (χ1v) is 9.34. The van der Waals surface area contributed by atoms with Crippen LogP contribution in [0.1, 0.15) is 25.1 Å². The topological polar surface area (TPSA) is 113 Å². The number of benzene rings is 1. The first kappa shape index (κ1) is 17.6. The number of carbonyl (C=O) groups is 2. The van der Waals surface area contributed by atoms with Crippen molar-refractivity contribution < 1.29 is 9.59 Å². The molecule has 1 aliphatic carbocycles. The van der Waals surface area contributed by atoms with Crippen LogP contribution in [-0.2, 0) is 9.59 Å². The van der Waals surface area contributed by atoms with E-state index in [-0.39, 0.29) is 23.7 Å². The number of H-pyrrole nitrogens is 1. The fourth-order valence-electron chi connectivity index (χ4n) is 2.93. The highest BCUT2D eigenvalue weighted by Gasteiger charge is 2.46. The number of para-hydroxylation sites is 2. The number of fused-ring (bicyclic) bond motifs is 1. The summed E-state index contributed by atoms with van der Waals surface area (Å²) in [6.07, 6.45) is 3.65. The molecule has 0 spiro atoms. The van der Waals surface area contributed by atoms with Crippen LogP contribution in [0.2, 0.25) is 0 Å². The van der Waals surface area contributed by atoms with E-state index in [1.54, 1.807) is 6.92 Å². The Balaban J connectivity index is 1.33. The maximum absolute atomic E-state index is 12.4. The number of hydrogen-bond acceptors (Lipinski definition) is 5. The van der Waals surface area contributed by atoms with Gasteiger partial charge in [0.05, 0.1) is 23.4 Å². The van der Waals surface area contributed by atoms with Gasteiger partial charge in [0, 0.05) is 11.8 Å². The summed E-state index contributed by atoms with van der Waals surface area (Å²) in [5.74, 6) is 0.540. The molecule has 27 heavy (non-hydrogen) atoms. The van der Waals surface area contributed by atoms with Crippen molar-refractivity contribution in [3.63, 3.8) is 0 Å². The van der Waals surface area contributed by atoms with Gasteiger partial charge in [0.25, 0.3) is 0 Å². The van der Waals surface area contributed by atoms with Gasteiger partial charge in [-0.3, -0.25) is 9.59 Å². The minimum Gasteiger partial charge on any atom is -0.344 e. The summed E-state index contributed by atoms with van der Waals surface area (Å²) < 4.78 is 0.576. The average Bonchev–Trinajstić information content (AvgIpc) is 3.35. The van der Waals surface area contributed by atoms with Crippen molar-refractivity contribution in [2.45, 2.75) is 25.3 Å². The molecule has 0 aliphatic heterocycles. The zero-order chi connectivity index (χ0) is 19.0. The predicted octanol–water partition coefficient (Wildman–Crippen LogP) is 2.36. The zero-order valence-electron chi connectivity index (χ0n) is 14.4. The largest absolute Gasteiger partial charge is 0.344 e. The number of nitrogens with zero attached hydrogens (tertiary/aromatic N) is 3. The zero-order valence-corrected chi connectivity index (χ0v) is 16.0. The van der Waals surface area contributed by atoms with Crippen LogP contribution in [0.25, 0.3) is 11.0 Å². The van der Waals surface area contributed by atoms with Crippen molar-refractivity contribution in [2.75, 3.05) is 5.32 Å². The minimum absolute atomic E-state index is 0.0602. The van der Waals surface area contributed by atoms with Crippen LogP contribution >= 0.6 is 15.9 Å². The van der Waals surface area contributed by atoms with Gasteiger partial charge in [0.15, 0.2) is 5.82 Å². The average molecular weight is 429 g/mol. The molecule has 0 saturated heterocycles. The van der Waals surface area contributed by atoms with E-state index in [1.807, 2.05) is 24.3 Å². The van der Waals surface area contributed by atoms with E-state index >= 15 is 0 Å². The lowest BCUT2D eigenvalue weighted by Gasteiger charge is -2.13. The van der Waals surface area contributed by atoms with E-state index in [0.717, 1.165) is 23.3 Å². The van der Waals surface area contributed by atoms with Gasteiger partial charge < -0.3 is 15.6 Å². The molecule has 1 aromatic carbocycles. The lowest BCUT2D eigenvalue weighted by atomic mass is 10.2. The standard InChI is InChI=1S/C18H17BrN6O2/c1-9(17(26)25-15-8-20-14(19)7-21-15)22-18(27)11-6-10(11)16-23-12-4-2-3-5-13(12)24-16/h2-5,7-11H,6H2,1H3,(H,22,27)(H,23,24)(H,21,25,26)/t9-,10-,11-/m1/s1. The molecule has 1 aliphatic rings. The van der Waals surface area contributed by atoms with Gasteiger partial charge >= 0.3 is 0 Å². The molecular weight excluding hydrogens is 412 g/mol. The van der Waals surface area contributed by atoms with Gasteiger partial charge in [-0.2, -0.15) is 0 Å². The summed E-state index contributed by atoms with van der Waals surface area (Å²) >= 11 is 3.18. The third kappa shape index (κ3) is 3.82. The van der Waals surface area contributed by atoms with Crippen molar-refractivity contribution in [2.24, 2.45) is 5.92 Å². The molecule has 138 valence electrons. The number of nitrogens with one attached hydrogen (secondary N) is 3. The molecule has 4 rings (SSSR count). The van der Waals surface area contributed by atoms with E-state index in [4.69, 9.17) is 0 Å². The fourth-order valence-corrected chi connectivity index (χ4v) is 3.14. The highest BCUT2D eigenvalue weighted by atomic mass is 79.9. The number of carbonyl (C=O) groups excluding carboxylic acids is 2. The van der Waals surface area contributed by atoms with Crippen LogP contribution in [0, 0.1) is 5.92 Å². The maximum atomic E-state index is 12.4. The third-order valence-corrected chi connectivity index (χ3v) is 4.92. The van der Waals surface area contributed by atoms with Crippen LogP contribution in [0.5, 0.6) is 0 Å². The Kier molecular flexibility index (Phi) is 4.61. The fraction of sp³-hybridized carbons (Fsp3) is 0.278. The van der Waals surface area contributed by atoms with Gasteiger partial charge in [-0.1, -0.05) is 12.1 Å². The second-order valence-corrected chi connectivity index (χ2v) is 7.34. The molecule has 3 N–H and O–H groups in total. The second kappa shape index (κ2) is 7.07. The number of imidazole rings is 1. The summed E-state index contributed by atoms with van der Waals surface area (Å²) in [4.78, 5) is 40.5. The van der Waals surface area contributed by atoms with E-state index in [2.05, 4.69) is 46.5 Å². The predicted molar refractivity (Wildman–Crippen MR) is 103 cm³/mol. The maximum Gasteiger partial charge on any atom is 0.247 e. The van der Waals surface area contributed by atoms with Crippen molar-refractivity contribution in [3.8, 4) is 0 Å². The summed E-state index contributed by atoms with van der Waals surface area (Å²) in [5, 5.41) is 5.38. The van der Waals surface area contributed by atoms with Crippen molar-refractivity contribution in [1.29, 1.82) is 0 Å². The lowest BCUT2D eigenvalue weighted by molar-refractivity contribution is -0.127. The minimum atomic E-state index is -0.681. The Hall–Kier alpha value is -2.81. The van der Waals surface area contributed by atoms with Gasteiger partial charge in [-0.15, -0.1) is 0 Å². The van der Waals surface area contributed by atoms with Gasteiger partial charge in [0.2, 0.25) is 11.8 Å². The van der Waals surface area contributed by atoms with E-state index in [0.29, 0.717) is 10.4 Å².